The summed E-state index contributed by atoms with van der Waals surface area (Å²) >= 11 is 0. The number of aliphatic hydroxyl groups is 1. The number of nitrogens with zero attached hydrogens (tertiary/aromatic N) is 1. The highest BCUT2D eigenvalue weighted by atomic mass is 16.5. The van der Waals surface area contributed by atoms with Crippen molar-refractivity contribution in [1.29, 1.82) is 0 Å². The Bertz CT molecular complexity index is 1410. The fourth-order valence-electron chi connectivity index (χ4n) is 3.89. The smallest absolute Gasteiger partial charge is 0.271 e. The van der Waals surface area contributed by atoms with Crippen LogP contribution in [0, 0.1) is 0 Å². The number of hydrogen-bond acceptors (Lipinski definition) is 7. The zero-order chi connectivity index (χ0) is 27.6. The van der Waals surface area contributed by atoms with E-state index >= 15 is 0 Å². The van der Waals surface area contributed by atoms with E-state index in [9.17, 15) is 14.7 Å². The second-order valence-electron chi connectivity index (χ2n) is 8.55. The lowest BCUT2D eigenvalue weighted by molar-refractivity contribution is 0.0924. The van der Waals surface area contributed by atoms with Crippen molar-refractivity contribution < 1.29 is 28.9 Å². The molecule has 4 aromatic rings. The zero-order valence-corrected chi connectivity index (χ0v) is 21.4. The van der Waals surface area contributed by atoms with Crippen LogP contribution in [0.1, 0.15) is 43.1 Å². The van der Waals surface area contributed by atoms with Crippen LogP contribution in [0.25, 0.3) is 0 Å². The molecule has 0 radical (unpaired) electrons. The van der Waals surface area contributed by atoms with E-state index in [1.165, 1.54) is 0 Å². The lowest BCUT2D eigenvalue weighted by Crippen LogP contribution is -2.29. The molecular formula is C30H29N3O6. The third-order valence-electron chi connectivity index (χ3n) is 5.90. The van der Waals surface area contributed by atoms with Gasteiger partial charge in [-0.2, -0.15) is 0 Å². The monoisotopic (exact) mass is 527 g/mol. The van der Waals surface area contributed by atoms with Gasteiger partial charge in [-0.3, -0.25) is 9.59 Å². The molecule has 1 heterocycles. The summed E-state index contributed by atoms with van der Waals surface area (Å²) in [6, 6.07) is 25.8. The standard InChI is InChI=1S/C30H29N3O6/c1-37-23-14-12-20(13-15-23)16-32-29(36)26-25(28(31)35)24(17-34)27(38-18-21-8-4-2-5-9-21)30(33-26)39-19-22-10-6-3-7-11-22/h2-15,34H,16-19H2,1H3,(H2,31,35)(H,32,36). The van der Waals surface area contributed by atoms with Gasteiger partial charge in [0.25, 0.3) is 17.7 Å². The van der Waals surface area contributed by atoms with Gasteiger partial charge in [-0.1, -0.05) is 72.8 Å². The van der Waals surface area contributed by atoms with Crippen LogP contribution >= 0.6 is 0 Å². The van der Waals surface area contributed by atoms with E-state index < -0.39 is 18.4 Å². The summed E-state index contributed by atoms with van der Waals surface area (Å²) in [7, 11) is 1.57. The number of nitrogens with two attached hydrogens (primary N) is 1. The van der Waals surface area contributed by atoms with E-state index in [2.05, 4.69) is 10.3 Å². The Morgan fingerprint density at radius 2 is 1.44 bits per heavy atom. The van der Waals surface area contributed by atoms with Crippen molar-refractivity contribution in [1.82, 2.24) is 10.3 Å². The molecule has 0 spiro atoms. The second kappa shape index (κ2) is 13.1. The van der Waals surface area contributed by atoms with Crippen LogP contribution in [-0.4, -0.2) is 29.0 Å². The first-order valence-corrected chi connectivity index (χ1v) is 12.2. The molecule has 0 unspecified atom stereocenters. The van der Waals surface area contributed by atoms with E-state index in [0.717, 1.165) is 16.7 Å². The number of carbonyl (C=O) groups excluding carboxylic acids is 2. The van der Waals surface area contributed by atoms with Crippen LogP contribution in [0.4, 0.5) is 0 Å². The number of benzene rings is 3. The summed E-state index contributed by atoms with van der Waals surface area (Å²) in [6.45, 7) is -0.253. The topological polar surface area (TPSA) is 133 Å². The maximum Gasteiger partial charge on any atom is 0.271 e. The first kappa shape index (κ1) is 27.2. The molecule has 2 amide bonds. The second-order valence-corrected chi connectivity index (χ2v) is 8.55. The predicted octanol–water partition coefficient (Wildman–Crippen LogP) is 3.77. The van der Waals surface area contributed by atoms with Crippen LogP contribution in [0.3, 0.4) is 0 Å². The number of pyridine rings is 1. The van der Waals surface area contributed by atoms with Gasteiger partial charge in [-0.25, -0.2) is 4.98 Å². The highest BCUT2D eigenvalue weighted by molar-refractivity contribution is 6.07. The highest BCUT2D eigenvalue weighted by Crippen LogP contribution is 2.35. The number of ether oxygens (including phenoxy) is 3. The fraction of sp³-hybridized carbons (Fsp3) is 0.167. The Balaban J connectivity index is 1.69. The van der Waals surface area contributed by atoms with Gasteiger partial charge in [0.2, 0.25) is 0 Å². The van der Waals surface area contributed by atoms with Gasteiger partial charge >= 0.3 is 0 Å². The third kappa shape index (κ3) is 6.91. The van der Waals surface area contributed by atoms with Gasteiger partial charge in [0.1, 0.15) is 24.7 Å². The minimum atomic E-state index is -0.930. The average Bonchev–Trinajstić information content (AvgIpc) is 2.98. The van der Waals surface area contributed by atoms with Crippen LogP contribution in [0.5, 0.6) is 17.4 Å². The van der Waals surface area contributed by atoms with E-state index in [4.69, 9.17) is 19.9 Å². The lowest BCUT2D eigenvalue weighted by Gasteiger charge is -2.19. The summed E-state index contributed by atoms with van der Waals surface area (Å²) in [5.74, 6) is -0.910. The van der Waals surface area contributed by atoms with Crippen molar-refractivity contribution in [2.24, 2.45) is 5.73 Å². The number of nitrogens with one attached hydrogen (secondary N) is 1. The number of carbonyl (C=O) groups is 2. The fourth-order valence-corrected chi connectivity index (χ4v) is 3.89. The predicted molar refractivity (Wildman–Crippen MR) is 144 cm³/mol. The Labute approximate surface area is 226 Å². The molecule has 0 aliphatic heterocycles. The average molecular weight is 528 g/mol. The van der Waals surface area contributed by atoms with Crippen molar-refractivity contribution in [3.8, 4) is 17.4 Å². The molecule has 0 bridgehead atoms. The molecule has 4 N–H and O–H groups in total. The van der Waals surface area contributed by atoms with Gasteiger partial charge in [-0.15, -0.1) is 0 Å². The molecule has 4 rings (SSSR count). The first-order chi connectivity index (χ1) is 19.0. The van der Waals surface area contributed by atoms with Crippen molar-refractivity contribution in [3.63, 3.8) is 0 Å². The summed E-state index contributed by atoms with van der Waals surface area (Å²) in [5, 5.41) is 13.1. The van der Waals surface area contributed by atoms with Gasteiger partial charge in [0.05, 0.1) is 19.3 Å². The summed E-state index contributed by atoms with van der Waals surface area (Å²) < 4.78 is 17.1. The molecule has 0 atom stereocenters. The van der Waals surface area contributed by atoms with Crippen LogP contribution in [0.2, 0.25) is 0 Å². The van der Waals surface area contributed by atoms with Gasteiger partial charge in [-0.05, 0) is 28.8 Å². The molecule has 0 aliphatic rings. The van der Waals surface area contributed by atoms with Crippen molar-refractivity contribution >= 4 is 11.8 Å². The maximum absolute atomic E-state index is 13.3. The van der Waals surface area contributed by atoms with Gasteiger partial charge in [0.15, 0.2) is 5.75 Å². The lowest BCUT2D eigenvalue weighted by atomic mass is 10.0. The zero-order valence-electron chi connectivity index (χ0n) is 21.4. The SMILES string of the molecule is COc1ccc(CNC(=O)c2nc(OCc3ccccc3)c(OCc3ccccc3)c(CO)c2C(N)=O)cc1. The number of methoxy groups -OCH3 is 1. The molecule has 9 nitrogen and oxygen atoms in total. The molecule has 39 heavy (non-hydrogen) atoms. The Hall–Kier alpha value is -4.89. The number of amides is 2. The molecule has 9 heteroatoms. The quantitative estimate of drug-likeness (QED) is 0.255. The van der Waals surface area contributed by atoms with Gasteiger partial charge < -0.3 is 30.4 Å². The summed E-state index contributed by atoms with van der Waals surface area (Å²) in [5.41, 5.74) is 7.69. The molecular weight excluding hydrogens is 498 g/mol. The number of aliphatic hydroxyl groups excluding tert-OH is 1. The normalized spacial score (nSPS) is 10.5. The van der Waals surface area contributed by atoms with Crippen molar-refractivity contribution in [2.75, 3.05) is 7.11 Å². The first-order valence-electron chi connectivity index (χ1n) is 12.2. The Morgan fingerprint density at radius 3 is 1.97 bits per heavy atom. The van der Waals surface area contributed by atoms with Gasteiger partial charge in [0, 0.05) is 12.1 Å². The summed E-state index contributed by atoms with van der Waals surface area (Å²) in [4.78, 5) is 30.2. The minimum Gasteiger partial charge on any atom is -0.497 e. The highest BCUT2D eigenvalue weighted by Gasteiger charge is 2.28. The number of hydrogen-bond donors (Lipinski definition) is 3. The molecule has 0 saturated heterocycles. The Kier molecular flexibility index (Phi) is 9.10. The third-order valence-corrected chi connectivity index (χ3v) is 5.90. The summed E-state index contributed by atoms with van der Waals surface area (Å²) in [6.07, 6.45) is 0. The molecule has 0 fully saturated rings. The number of aromatic nitrogens is 1. The molecule has 1 aromatic heterocycles. The molecule has 0 aliphatic carbocycles. The molecule has 200 valence electrons. The van der Waals surface area contributed by atoms with E-state index in [1.54, 1.807) is 31.4 Å². The Morgan fingerprint density at radius 1 is 0.846 bits per heavy atom. The largest absolute Gasteiger partial charge is 0.497 e. The van der Waals surface area contributed by atoms with E-state index in [-0.39, 0.29) is 48.2 Å². The minimum absolute atomic E-state index is 0.0195. The van der Waals surface area contributed by atoms with Crippen molar-refractivity contribution in [2.45, 2.75) is 26.4 Å². The van der Waals surface area contributed by atoms with Crippen LogP contribution in [0.15, 0.2) is 84.9 Å². The van der Waals surface area contributed by atoms with Crippen LogP contribution in [-0.2, 0) is 26.4 Å². The number of rotatable bonds is 12. The van der Waals surface area contributed by atoms with Crippen molar-refractivity contribution in [3.05, 3.63) is 118 Å². The van der Waals surface area contributed by atoms with E-state index in [1.807, 2.05) is 60.7 Å². The van der Waals surface area contributed by atoms with Crippen LogP contribution < -0.4 is 25.3 Å². The molecule has 3 aromatic carbocycles. The maximum atomic E-state index is 13.3. The van der Waals surface area contributed by atoms with E-state index in [0.29, 0.717) is 5.75 Å². The molecule has 0 saturated carbocycles. The number of primary amides is 1.